The van der Waals surface area contributed by atoms with E-state index < -0.39 is 10.3 Å². The number of non-ortho nitro benzene ring substituents is 1. The van der Waals surface area contributed by atoms with Gasteiger partial charge in [-0.3, -0.25) is 14.9 Å². The lowest BCUT2D eigenvalue weighted by Crippen LogP contribution is -2.42. The summed E-state index contributed by atoms with van der Waals surface area (Å²) in [5.41, 5.74) is 0.359. The molecule has 1 aromatic rings. The third-order valence-electron chi connectivity index (χ3n) is 3.27. The second kappa shape index (κ2) is 6.47. The minimum absolute atomic E-state index is 0.0451. The Kier molecular flexibility index (Phi) is 5.21. The van der Waals surface area contributed by atoms with Crippen molar-refractivity contribution in [1.29, 1.82) is 0 Å². The number of carbonyl (C=O) groups is 1. The first-order valence-electron chi connectivity index (χ1n) is 6.48. The predicted molar refractivity (Wildman–Crippen MR) is 77.4 cm³/mol. The van der Waals surface area contributed by atoms with Gasteiger partial charge in [0.1, 0.15) is 0 Å². The van der Waals surface area contributed by atoms with Crippen LogP contribution >= 0.6 is 0 Å². The largest absolute Gasteiger partial charge is 0.359 e. The molecule has 20 heavy (non-hydrogen) atoms. The van der Waals surface area contributed by atoms with E-state index in [1.807, 2.05) is 26.8 Å². The molecule has 0 aliphatic rings. The number of nitrogens with one attached hydrogen (secondary N) is 2. The summed E-state index contributed by atoms with van der Waals surface area (Å²) < 4.78 is 0. The van der Waals surface area contributed by atoms with E-state index in [-0.39, 0.29) is 17.6 Å². The Hall–Kier alpha value is -1.95. The van der Waals surface area contributed by atoms with E-state index in [1.165, 1.54) is 6.07 Å². The molecule has 0 bridgehead atoms. The average Bonchev–Trinajstić information content (AvgIpc) is 2.43. The number of amides is 1. The molecule has 0 aliphatic heterocycles. The summed E-state index contributed by atoms with van der Waals surface area (Å²) in [6.07, 6.45) is 0. The molecule has 1 unspecified atom stereocenters. The second-order valence-corrected chi connectivity index (χ2v) is 5.42. The molecule has 6 nitrogen and oxygen atoms in total. The second-order valence-electron chi connectivity index (χ2n) is 5.42. The molecule has 0 fully saturated rings. The normalized spacial score (nSPS) is 12.8. The summed E-state index contributed by atoms with van der Waals surface area (Å²) in [4.78, 5) is 22.0. The molecule has 0 heterocycles. The van der Waals surface area contributed by atoms with Gasteiger partial charge in [0.25, 0.3) is 5.69 Å². The van der Waals surface area contributed by atoms with E-state index in [9.17, 15) is 14.9 Å². The first-order chi connectivity index (χ1) is 9.27. The van der Waals surface area contributed by atoms with Gasteiger partial charge in [0.15, 0.2) is 0 Å². The van der Waals surface area contributed by atoms with Crippen molar-refractivity contribution in [3.05, 3.63) is 39.9 Å². The number of rotatable bonds is 6. The maximum absolute atomic E-state index is 11.7. The van der Waals surface area contributed by atoms with Gasteiger partial charge in [0.05, 0.1) is 10.3 Å². The first kappa shape index (κ1) is 16.1. The van der Waals surface area contributed by atoms with E-state index in [1.54, 1.807) is 19.2 Å². The Morgan fingerprint density at radius 3 is 2.65 bits per heavy atom. The van der Waals surface area contributed by atoms with Gasteiger partial charge in [-0.1, -0.05) is 12.1 Å². The Balaban J connectivity index is 2.72. The van der Waals surface area contributed by atoms with Gasteiger partial charge in [-0.15, -0.1) is 0 Å². The molecule has 0 saturated carbocycles. The minimum atomic E-state index is -0.538. The highest BCUT2D eigenvalue weighted by atomic mass is 16.6. The summed E-state index contributed by atoms with van der Waals surface area (Å²) in [6.45, 7) is 6.09. The van der Waals surface area contributed by atoms with Gasteiger partial charge in [-0.05, 0) is 26.3 Å². The molecule has 0 spiro atoms. The minimum Gasteiger partial charge on any atom is -0.359 e. The van der Waals surface area contributed by atoms with Crippen LogP contribution in [0.1, 0.15) is 32.4 Å². The Bertz CT molecular complexity index is 500. The molecule has 6 heteroatoms. The fraction of sp³-hybridized carbons (Fsp3) is 0.500. The Morgan fingerprint density at radius 2 is 2.10 bits per heavy atom. The monoisotopic (exact) mass is 279 g/mol. The molecule has 1 aromatic carbocycles. The molecular formula is C14H21N3O3. The Labute approximate surface area is 118 Å². The maximum atomic E-state index is 11.7. The van der Waals surface area contributed by atoms with Gasteiger partial charge >= 0.3 is 0 Å². The van der Waals surface area contributed by atoms with Crippen molar-refractivity contribution in [3.8, 4) is 0 Å². The number of carbonyl (C=O) groups excluding carboxylic acids is 1. The molecule has 1 atom stereocenters. The summed E-state index contributed by atoms with van der Waals surface area (Å²) in [5.74, 6) is -0.0451. The number of benzene rings is 1. The zero-order valence-corrected chi connectivity index (χ0v) is 12.3. The molecule has 0 aromatic heterocycles. The summed E-state index contributed by atoms with van der Waals surface area (Å²) in [5, 5.41) is 16.6. The van der Waals surface area contributed by atoms with Crippen LogP contribution in [0, 0.1) is 15.5 Å². The number of hydrogen-bond donors (Lipinski definition) is 2. The number of nitrogens with zero attached hydrogens (tertiary/aromatic N) is 1. The summed E-state index contributed by atoms with van der Waals surface area (Å²) in [7, 11) is 1.61. The third-order valence-corrected chi connectivity index (χ3v) is 3.27. The van der Waals surface area contributed by atoms with Crippen molar-refractivity contribution < 1.29 is 9.72 Å². The van der Waals surface area contributed by atoms with Crippen LogP contribution in [0.15, 0.2) is 24.3 Å². The molecule has 1 amide bonds. The van der Waals surface area contributed by atoms with E-state index in [2.05, 4.69) is 10.6 Å². The molecule has 2 N–H and O–H groups in total. The van der Waals surface area contributed by atoms with E-state index >= 15 is 0 Å². The van der Waals surface area contributed by atoms with Crippen LogP contribution in [0.5, 0.6) is 0 Å². The lowest BCUT2D eigenvalue weighted by molar-refractivity contribution is -0.384. The van der Waals surface area contributed by atoms with Crippen molar-refractivity contribution >= 4 is 11.6 Å². The van der Waals surface area contributed by atoms with Crippen LogP contribution in [0.4, 0.5) is 5.69 Å². The quantitative estimate of drug-likeness (QED) is 0.616. The van der Waals surface area contributed by atoms with Gasteiger partial charge in [0.2, 0.25) is 5.91 Å². The lowest BCUT2D eigenvalue weighted by Gasteiger charge is -2.25. The zero-order chi connectivity index (χ0) is 15.3. The lowest BCUT2D eigenvalue weighted by atomic mass is 9.91. The number of nitro benzene ring substituents is 1. The van der Waals surface area contributed by atoms with Crippen LogP contribution < -0.4 is 10.6 Å². The maximum Gasteiger partial charge on any atom is 0.269 e. The first-order valence-corrected chi connectivity index (χ1v) is 6.48. The van der Waals surface area contributed by atoms with Crippen molar-refractivity contribution in [1.82, 2.24) is 10.6 Å². The fourth-order valence-electron chi connectivity index (χ4n) is 1.85. The standard InChI is InChI=1S/C14H21N3O3/c1-10(16-9-14(2,3)13(18)15-4)11-6-5-7-12(8-11)17(19)20/h5-8,10,16H,9H2,1-4H3,(H,15,18). The third kappa shape index (κ3) is 4.03. The number of hydrogen-bond acceptors (Lipinski definition) is 4. The van der Waals surface area contributed by atoms with Gasteiger partial charge in [-0.2, -0.15) is 0 Å². The van der Waals surface area contributed by atoms with Crippen molar-refractivity contribution in [2.75, 3.05) is 13.6 Å². The molecule has 110 valence electrons. The van der Waals surface area contributed by atoms with Crippen LogP contribution in [-0.4, -0.2) is 24.4 Å². The fourth-order valence-corrected chi connectivity index (χ4v) is 1.85. The van der Waals surface area contributed by atoms with Gasteiger partial charge in [0, 0.05) is 31.8 Å². The van der Waals surface area contributed by atoms with Crippen molar-refractivity contribution in [2.24, 2.45) is 5.41 Å². The van der Waals surface area contributed by atoms with E-state index in [0.717, 1.165) is 5.56 Å². The summed E-state index contributed by atoms with van der Waals surface area (Å²) in [6, 6.07) is 6.43. The SMILES string of the molecule is CNC(=O)C(C)(C)CNC(C)c1cccc([N+](=O)[O-])c1. The summed E-state index contributed by atoms with van der Waals surface area (Å²) >= 11 is 0. The molecule has 0 aliphatic carbocycles. The predicted octanol–water partition coefficient (Wildman–Crippen LogP) is 2.02. The van der Waals surface area contributed by atoms with Crippen LogP contribution in [0.2, 0.25) is 0 Å². The highest BCUT2D eigenvalue weighted by Crippen LogP contribution is 2.21. The molecule has 1 rings (SSSR count). The highest BCUT2D eigenvalue weighted by molar-refractivity contribution is 5.81. The molecular weight excluding hydrogens is 258 g/mol. The van der Waals surface area contributed by atoms with Gasteiger partial charge < -0.3 is 10.6 Å². The average molecular weight is 279 g/mol. The number of nitro groups is 1. The van der Waals surface area contributed by atoms with Crippen molar-refractivity contribution in [3.63, 3.8) is 0 Å². The smallest absolute Gasteiger partial charge is 0.269 e. The van der Waals surface area contributed by atoms with Crippen LogP contribution in [0.3, 0.4) is 0 Å². The zero-order valence-electron chi connectivity index (χ0n) is 12.3. The van der Waals surface area contributed by atoms with Crippen LogP contribution in [0.25, 0.3) is 0 Å². The Morgan fingerprint density at radius 1 is 1.45 bits per heavy atom. The van der Waals surface area contributed by atoms with E-state index in [4.69, 9.17) is 0 Å². The van der Waals surface area contributed by atoms with E-state index in [0.29, 0.717) is 6.54 Å². The molecule has 0 saturated heterocycles. The van der Waals surface area contributed by atoms with Gasteiger partial charge in [-0.25, -0.2) is 0 Å². The van der Waals surface area contributed by atoms with Crippen LogP contribution in [-0.2, 0) is 4.79 Å². The van der Waals surface area contributed by atoms with Crippen molar-refractivity contribution in [2.45, 2.75) is 26.8 Å². The molecule has 0 radical (unpaired) electrons. The topological polar surface area (TPSA) is 84.3 Å². The highest BCUT2D eigenvalue weighted by Gasteiger charge is 2.27.